The van der Waals surface area contributed by atoms with Crippen LogP contribution in [0, 0.1) is 16.0 Å². The van der Waals surface area contributed by atoms with E-state index in [-0.39, 0.29) is 29.7 Å². The van der Waals surface area contributed by atoms with Crippen molar-refractivity contribution in [2.75, 3.05) is 6.61 Å². The molecule has 0 spiro atoms. The Morgan fingerprint density at radius 3 is 2.35 bits per heavy atom. The van der Waals surface area contributed by atoms with Crippen LogP contribution in [-0.4, -0.2) is 36.3 Å². The average molecular weight is 469 g/mol. The van der Waals surface area contributed by atoms with Crippen LogP contribution in [0.5, 0.6) is 0 Å². The lowest BCUT2D eigenvalue weighted by atomic mass is 9.99. The first-order chi connectivity index (χ1) is 14.6. The lowest BCUT2D eigenvalue weighted by Crippen LogP contribution is -2.48. The van der Waals surface area contributed by atoms with Crippen LogP contribution in [0.15, 0.2) is 53.4 Å². The number of sulfonamides is 1. The van der Waals surface area contributed by atoms with Crippen molar-refractivity contribution in [3.63, 3.8) is 0 Å². The summed E-state index contributed by atoms with van der Waals surface area (Å²) in [5.74, 6) is -0.990. The maximum Gasteiger partial charge on any atom is 0.324 e. The predicted molar refractivity (Wildman–Crippen MR) is 117 cm³/mol. The number of hydrogen-bond acceptors (Lipinski definition) is 6. The van der Waals surface area contributed by atoms with Crippen molar-refractivity contribution in [2.24, 2.45) is 5.92 Å². The summed E-state index contributed by atoms with van der Waals surface area (Å²) in [6, 6.07) is 10.2. The Morgan fingerprint density at radius 2 is 1.84 bits per heavy atom. The van der Waals surface area contributed by atoms with Crippen LogP contribution in [0.1, 0.15) is 32.8 Å². The average Bonchev–Trinajstić information content (AvgIpc) is 2.73. The number of nitro groups is 1. The van der Waals surface area contributed by atoms with Crippen LogP contribution >= 0.6 is 11.6 Å². The molecule has 2 aromatic carbocycles. The normalized spacial score (nSPS) is 13.6. The van der Waals surface area contributed by atoms with Gasteiger partial charge in [-0.3, -0.25) is 14.9 Å². The van der Waals surface area contributed by atoms with Gasteiger partial charge in [-0.15, -0.1) is 0 Å². The molecule has 0 fully saturated rings. The molecule has 0 amide bonds. The van der Waals surface area contributed by atoms with Crippen LogP contribution in [0.3, 0.4) is 0 Å². The van der Waals surface area contributed by atoms with Gasteiger partial charge in [0.1, 0.15) is 6.04 Å². The minimum atomic E-state index is -4.21. The van der Waals surface area contributed by atoms with Gasteiger partial charge in [0.25, 0.3) is 5.69 Å². The molecule has 0 radical (unpaired) electrons. The first-order valence-electron chi connectivity index (χ1n) is 9.79. The zero-order valence-electron chi connectivity index (χ0n) is 17.5. The molecular weight excluding hydrogens is 444 g/mol. The van der Waals surface area contributed by atoms with E-state index in [1.807, 2.05) is 6.92 Å². The first kappa shape index (κ1) is 24.8. The summed E-state index contributed by atoms with van der Waals surface area (Å²) < 4.78 is 33.5. The number of hydrogen-bond donors (Lipinski definition) is 0. The number of nitro benzene ring substituents is 1. The number of carbonyl (C=O) groups is 1. The van der Waals surface area contributed by atoms with E-state index in [0.717, 1.165) is 28.6 Å². The fourth-order valence-corrected chi connectivity index (χ4v) is 4.98. The highest BCUT2D eigenvalue weighted by molar-refractivity contribution is 7.89. The van der Waals surface area contributed by atoms with Crippen LogP contribution < -0.4 is 0 Å². The molecule has 0 saturated heterocycles. The van der Waals surface area contributed by atoms with Gasteiger partial charge in [0.05, 0.1) is 16.4 Å². The highest BCUT2D eigenvalue weighted by atomic mass is 35.5. The molecular formula is C21H25ClN2O6S. The lowest BCUT2D eigenvalue weighted by Gasteiger charge is -2.33. The summed E-state index contributed by atoms with van der Waals surface area (Å²) in [6.07, 6.45) is 0.533. The minimum absolute atomic E-state index is 0.106. The van der Waals surface area contributed by atoms with Crippen molar-refractivity contribution in [1.82, 2.24) is 4.31 Å². The number of carbonyl (C=O) groups excluding carboxylic acids is 1. The van der Waals surface area contributed by atoms with Gasteiger partial charge in [0, 0.05) is 23.7 Å². The van der Waals surface area contributed by atoms with E-state index in [2.05, 4.69) is 0 Å². The van der Waals surface area contributed by atoms with Gasteiger partial charge in [-0.25, -0.2) is 8.42 Å². The third kappa shape index (κ3) is 6.03. The van der Waals surface area contributed by atoms with Crippen LogP contribution in [-0.2, 0) is 26.1 Å². The monoisotopic (exact) mass is 468 g/mol. The summed E-state index contributed by atoms with van der Waals surface area (Å²) in [7, 11) is -4.21. The summed E-state index contributed by atoms with van der Waals surface area (Å²) in [4.78, 5) is 23.0. The quantitative estimate of drug-likeness (QED) is 0.290. The van der Waals surface area contributed by atoms with Gasteiger partial charge in [-0.05, 0) is 42.7 Å². The molecule has 2 atom stereocenters. The summed E-state index contributed by atoms with van der Waals surface area (Å²) in [5.41, 5.74) is 0.361. The van der Waals surface area contributed by atoms with Gasteiger partial charge >= 0.3 is 5.97 Å². The third-order valence-electron chi connectivity index (χ3n) is 4.90. The van der Waals surface area contributed by atoms with Gasteiger partial charge in [-0.1, -0.05) is 44.0 Å². The second kappa shape index (κ2) is 10.7. The van der Waals surface area contributed by atoms with Crippen LogP contribution in [0.25, 0.3) is 0 Å². The van der Waals surface area contributed by atoms with Crippen molar-refractivity contribution >= 4 is 33.3 Å². The molecule has 0 N–H and O–H groups in total. The van der Waals surface area contributed by atoms with Crippen molar-refractivity contribution in [3.05, 3.63) is 69.2 Å². The van der Waals surface area contributed by atoms with Crippen molar-refractivity contribution in [1.29, 1.82) is 0 Å². The molecule has 0 aliphatic rings. The molecule has 0 heterocycles. The maximum atomic E-state index is 13.6. The minimum Gasteiger partial charge on any atom is -0.465 e. The molecule has 31 heavy (non-hydrogen) atoms. The van der Waals surface area contributed by atoms with E-state index >= 15 is 0 Å². The van der Waals surface area contributed by atoms with Gasteiger partial charge < -0.3 is 4.74 Å². The second-order valence-electron chi connectivity index (χ2n) is 7.01. The lowest BCUT2D eigenvalue weighted by molar-refractivity contribution is -0.384. The summed E-state index contributed by atoms with van der Waals surface area (Å²) in [6.45, 7) is 5.27. The van der Waals surface area contributed by atoms with E-state index in [9.17, 15) is 23.3 Å². The molecule has 0 aromatic heterocycles. The standard InChI is InChI=1S/C21H25ClN2O6S/c1-4-15(3)20(21(25)30-5-2)23(14-16-7-6-8-17(22)13-16)31(28,29)19-11-9-18(10-12-19)24(26)27/h6-13,15,20H,4-5,14H2,1-3H3/t15-,20+/m0/s1. The maximum absolute atomic E-state index is 13.6. The molecule has 168 valence electrons. The molecule has 0 bridgehead atoms. The Morgan fingerprint density at radius 1 is 1.19 bits per heavy atom. The van der Waals surface area contributed by atoms with Crippen LogP contribution in [0.2, 0.25) is 5.02 Å². The molecule has 0 unspecified atom stereocenters. The highest BCUT2D eigenvalue weighted by Crippen LogP contribution is 2.28. The van der Waals surface area contributed by atoms with Crippen molar-refractivity contribution in [3.8, 4) is 0 Å². The zero-order chi connectivity index (χ0) is 23.2. The number of benzene rings is 2. The summed E-state index contributed by atoms with van der Waals surface area (Å²) in [5, 5.41) is 11.4. The van der Waals surface area contributed by atoms with E-state index in [1.165, 1.54) is 0 Å². The fraction of sp³-hybridized carbons (Fsp3) is 0.381. The van der Waals surface area contributed by atoms with E-state index in [4.69, 9.17) is 16.3 Å². The highest BCUT2D eigenvalue weighted by Gasteiger charge is 2.40. The number of non-ortho nitro benzene ring substituents is 1. The Labute approximate surface area is 187 Å². The van der Waals surface area contributed by atoms with Gasteiger partial charge in [0.2, 0.25) is 10.0 Å². The van der Waals surface area contributed by atoms with Crippen molar-refractivity contribution < 1.29 is 22.9 Å². The molecule has 8 nitrogen and oxygen atoms in total. The number of rotatable bonds is 10. The van der Waals surface area contributed by atoms with Gasteiger partial charge in [-0.2, -0.15) is 4.31 Å². The molecule has 0 saturated carbocycles. The van der Waals surface area contributed by atoms with E-state index in [1.54, 1.807) is 38.1 Å². The van der Waals surface area contributed by atoms with Crippen LogP contribution in [0.4, 0.5) is 5.69 Å². The Balaban J connectivity index is 2.60. The molecule has 0 aliphatic heterocycles. The number of ether oxygens (including phenoxy) is 1. The predicted octanol–water partition coefficient (Wildman–Crippen LogP) is 4.42. The first-order valence-corrected chi connectivity index (χ1v) is 11.6. The Bertz CT molecular complexity index is 1030. The fourth-order valence-electron chi connectivity index (χ4n) is 3.11. The number of nitrogens with zero attached hydrogens (tertiary/aromatic N) is 2. The molecule has 10 heteroatoms. The largest absolute Gasteiger partial charge is 0.465 e. The molecule has 2 rings (SSSR count). The van der Waals surface area contributed by atoms with E-state index < -0.39 is 27.0 Å². The Kier molecular flexibility index (Phi) is 8.55. The van der Waals surface area contributed by atoms with Crippen molar-refractivity contribution in [2.45, 2.75) is 44.7 Å². The second-order valence-corrected chi connectivity index (χ2v) is 9.34. The SMILES string of the molecule is CCOC(=O)[C@@H]([C@@H](C)CC)N(Cc1cccc(Cl)c1)S(=O)(=O)c1ccc([N+](=O)[O-])cc1. The molecule has 2 aromatic rings. The summed E-state index contributed by atoms with van der Waals surface area (Å²) >= 11 is 6.06. The number of esters is 1. The smallest absolute Gasteiger partial charge is 0.324 e. The topological polar surface area (TPSA) is 107 Å². The number of halogens is 1. The molecule has 0 aliphatic carbocycles. The van der Waals surface area contributed by atoms with Gasteiger partial charge in [0.15, 0.2) is 0 Å². The Hall–Kier alpha value is -2.49. The zero-order valence-corrected chi connectivity index (χ0v) is 19.1. The van der Waals surface area contributed by atoms with E-state index in [0.29, 0.717) is 17.0 Å². The third-order valence-corrected chi connectivity index (χ3v) is 6.98.